The lowest BCUT2D eigenvalue weighted by Gasteiger charge is -2.27. The number of halogens is 1. The summed E-state index contributed by atoms with van der Waals surface area (Å²) in [6.07, 6.45) is 4.41. The third-order valence-corrected chi connectivity index (χ3v) is 9.14. The Kier molecular flexibility index (Phi) is 4.69. The number of nitrogens with zero attached hydrogens (tertiary/aromatic N) is 4. The number of hydrogen-bond donors (Lipinski definition) is 2. The molecule has 3 fully saturated rings. The first kappa shape index (κ1) is 22.4. The Labute approximate surface area is 219 Å². The van der Waals surface area contributed by atoms with Crippen LogP contribution in [0.15, 0.2) is 30.3 Å². The Morgan fingerprint density at radius 3 is 2.82 bits per heavy atom. The number of nitrogens with two attached hydrogens (primary N) is 1. The summed E-state index contributed by atoms with van der Waals surface area (Å²) in [4.78, 5) is 20.2. The summed E-state index contributed by atoms with van der Waals surface area (Å²) in [6.45, 7) is 2.93. The van der Waals surface area contributed by atoms with Crippen molar-refractivity contribution in [3.63, 3.8) is 0 Å². The van der Waals surface area contributed by atoms with Crippen molar-refractivity contribution in [2.24, 2.45) is 24.6 Å². The van der Waals surface area contributed by atoms with E-state index in [1.165, 1.54) is 18.9 Å². The van der Waals surface area contributed by atoms with Crippen LogP contribution >= 0.6 is 0 Å². The molecule has 2 aromatic carbocycles. The van der Waals surface area contributed by atoms with Crippen LogP contribution in [0.1, 0.15) is 36.0 Å². The fourth-order valence-corrected chi connectivity index (χ4v) is 7.00. The van der Waals surface area contributed by atoms with Crippen molar-refractivity contribution in [2.45, 2.75) is 44.3 Å². The second-order valence-electron chi connectivity index (χ2n) is 11.5. The van der Waals surface area contributed by atoms with Gasteiger partial charge in [-0.05, 0) is 67.9 Å². The van der Waals surface area contributed by atoms with E-state index in [-0.39, 0.29) is 18.0 Å². The minimum absolute atomic E-state index is 0.0213. The predicted octanol–water partition coefficient (Wildman–Crippen LogP) is 4.11. The Morgan fingerprint density at radius 2 is 2.05 bits per heavy atom. The molecular formula is C29H31FN6O2. The van der Waals surface area contributed by atoms with E-state index in [9.17, 15) is 4.79 Å². The van der Waals surface area contributed by atoms with Crippen molar-refractivity contribution >= 4 is 33.5 Å². The van der Waals surface area contributed by atoms with E-state index < -0.39 is 5.82 Å². The minimum Gasteiger partial charge on any atom is -0.490 e. The summed E-state index contributed by atoms with van der Waals surface area (Å²) >= 11 is 0. The second kappa shape index (κ2) is 7.96. The number of rotatable bonds is 4. The molecule has 1 amide bonds. The minimum atomic E-state index is -0.432. The molecule has 3 N–H and O–H groups in total. The van der Waals surface area contributed by atoms with Crippen LogP contribution in [-0.2, 0) is 13.6 Å². The lowest BCUT2D eigenvalue weighted by atomic mass is 10.1. The molecule has 2 bridgehead atoms. The number of carbonyl (C=O) groups excluding carboxylic acids is 1. The summed E-state index contributed by atoms with van der Waals surface area (Å²) in [5.41, 5.74) is 10.6. The zero-order valence-corrected chi connectivity index (χ0v) is 21.4. The van der Waals surface area contributed by atoms with Gasteiger partial charge in [-0.15, -0.1) is 0 Å². The van der Waals surface area contributed by atoms with Gasteiger partial charge in [0.2, 0.25) is 0 Å². The number of likely N-dealkylation sites (tertiary alicyclic amines) is 1. The standard InChI is InChI=1S/C29H31FN6O2/c1-34-27-19(30)10-18(29(37)36-14-17-4-6-21(36)24(17)31)11-20(27)33-28(34)22-12-16-5-7-23-25(32-8-9-38-23)26(16)35(22)13-15-2-3-15/h5,7,10-12,15,17,21,24,32H,2-4,6,8-9,13-14,31H2,1H3/t17-,21-,24-/m1/s1. The van der Waals surface area contributed by atoms with Crippen molar-refractivity contribution in [2.75, 3.05) is 25.0 Å². The van der Waals surface area contributed by atoms with Gasteiger partial charge in [0.05, 0.1) is 16.7 Å². The number of imidazole rings is 1. The quantitative estimate of drug-likeness (QED) is 0.428. The first-order valence-electron chi connectivity index (χ1n) is 13.7. The molecule has 2 saturated carbocycles. The predicted molar refractivity (Wildman–Crippen MR) is 144 cm³/mol. The number of carbonyl (C=O) groups is 1. The third kappa shape index (κ3) is 3.17. The SMILES string of the molecule is Cn1c(-c2cc3ccc4c(c3n2CC2CC2)NCCO4)nc2cc(C(=O)N3C[C@H]4CC[C@@H]3[C@@H]4N)cc(F)c21. The van der Waals surface area contributed by atoms with Gasteiger partial charge in [0.25, 0.3) is 5.91 Å². The molecule has 2 aliphatic carbocycles. The highest BCUT2D eigenvalue weighted by atomic mass is 19.1. The van der Waals surface area contributed by atoms with Crippen LogP contribution < -0.4 is 15.8 Å². The first-order valence-corrected chi connectivity index (χ1v) is 13.7. The van der Waals surface area contributed by atoms with Crippen molar-refractivity contribution < 1.29 is 13.9 Å². The second-order valence-corrected chi connectivity index (χ2v) is 11.5. The van der Waals surface area contributed by atoms with E-state index in [0.717, 1.165) is 54.0 Å². The van der Waals surface area contributed by atoms with E-state index in [2.05, 4.69) is 22.0 Å². The fourth-order valence-electron chi connectivity index (χ4n) is 7.00. The summed E-state index contributed by atoms with van der Waals surface area (Å²) in [5.74, 6) is 1.94. The molecule has 2 aliphatic heterocycles. The van der Waals surface area contributed by atoms with Crippen molar-refractivity contribution in [1.82, 2.24) is 19.0 Å². The largest absolute Gasteiger partial charge is 0.490 e. The molecule has 1 saturated heterocycles. The number of nitrogens with one attached hydrogen (secondary N) is 1. The van der Waals surface area contributed by atoms with Crippen LogP contribution in [0.4, 0.5) is 10.1 Å². The van der Waals surface area contributed by atoms with Gasteiger partial charge in [0, 0.05) is 49.7 Å². The normalized spacial score (nSPS) is 24.2. The molecule has 3 atom stereocenters. The maximum Gasteiger partial charge on any atom is 0.254 e. The van der Waals surface area contributed by atoms with Gasteiger partial charge in [0.15, 0.2) is 5.82 Å². The summed E-state index contributed by atoms with van der Waals surface area (Å²) in [6, 6.07) is 9.42. The van der Waals surface area contributed by atoms with Gasteiger partial charge in [-0.25, -0.2) is 9.37 Å². The van der Waals surface area contributed by atoms with E-state index in [0.29, 0.717) is 47.4 Å². The van der Waals surface area contributed by atoms with Crippen molar-refractivity contribution in [3.05, 3.63) is 41.7 Å². The van der Waals surface area contributed by atoms with E-state index in [4.69, 9.17) is 15.5 Å². The molecule has 0 radical (unpaired) electrons. The molecule has 8 nitrogen and oxygen atoms in total. The third-order valence-electron chi connectivity index (χ3n) is 9.14. The molecule has 4 heterocycles. The number of aromatic nitrogens is 3. The van der Waals surface area contributed by atoms with E-state index in [1.807, 2.05) is 22.6 Å². The number of hydrogen-bond acceptors (Lipinski definition) is 5. The number of amides is 1. The van der Waals surface area contributed by atoms with Crippen LogP contribution in [0.3, 0.4) is 0 Å². The molecule has 38 heavy (non-hydrogen) atoms. The number of piperidine rings is 1. The molecule has 0 unspecified atom stereocenters. The molecule has 2 aromatic heterocycles. The molecule has 4 aromatic rings. The molecular weight excluding hydrogens is 483 g/mol. The number of aryl methyl sites for hydroxylation is 1. The highest BCUT2D eigenvalue weighted by Crippen LogP contribution is 2.43. The van der Waals surface area contributed by atoms with Gasteiger partial charge in [0.1, 0.15) is 29.4 Å². The Balaban J connectivity index is 1.26. The first-order chi connectivity index (χ1) is 18.5. The van der Waals surface area contributed by atoms with Crippen LogP contribution in [-0.4, -0.2) is 56.7 Å². The number of ether oxygens (including phenoxy) is 1. The van der Waals surface area contributed by atoms with Gasteiger partial charge in [-0.1, -0.05) is 0 Å². The van der Waals surface area contributed by atoms with Crippen molar-refractivity contribution in [3.8, 4) is 17.3 Å². The van der Waals surface area contributed by atoms with Crippen LogP contribution in [0.25, 0.3) is 33.5 Å². The van der Waals surface area contributed by atoms with Crippen LogP contribution in [0.5, 0.6) is 5.75 Å². The summed E-state index contributed by atoms with van der Waals surface area (Å²) in [7, 11) is 1.85. The number of benzene rings is 2. The summed E-state index contributed by atoms with van der Waals surface area (Å²) < 4.78 is 25.7. The number of anilines is 1. The monoisotopic (exact) mass is 514 g/mol. The smallest absolute Gasteiger partial charge is 0.254 e. The molecule has 9 heteroatoms. The molecule has 196 valence electrons. The zero-order valence-electron chi connectivity index (χ0n) is 21.4. The van der Waals surface area contributed by atoms with Gasteiger partial charge < -0.3 is 29.8 Å². The highest BCUT2D eigenvalue weighted by molar-refractivity contribution is 6.00. The molecule has 0 spiro atoms. The average molecular weight is 515 g/mol. The lowest BCUT2D eigenvalue weighted by Crippen LogP contribution is -2.41. The number of fused-ring (bicyclic) bond motifs is 6. The Hall–Kier alpha value is -3.59. The molecule has 8 rings (SSSR count). The zero-order chi connectivity index (χ0) is 25.7. The maximum absolute atomic E-state index is 15.6. The van der Waals surface area contributed by atoms with E-state index in [1.54, 1.807) is 6.07 Å². The average Bonchev–Trinajstić information content (AvgIpc) is 3.30. The maximum atomic E-state index is 15.6. The van der Waals surface area contributed by atoms with Gasteiger partial charge >= 0.3 is 0 Å². The van der Waals surface area contributed by atoms with Gasteiger partial charge in [-0.2, -0.15) is 0 Å². The lowest BCUT2D eigenvalue weighted by molar-refractivity contribution is 0.0700. The Morgan fingerprint density at radius 1 is 1.18 bits per heavy atom. The van der Waals surface area contributed by atoms with Crippen LogP contribution in [0, 0.1) is 17.7 Å². The fraction of sp³-hybridized carbons (Fsp3) is 0.448. The highest BCUT2D eigenvalue weighted by Gasteiger charge is 2.47. The van der Waals surface area contributed by atoms with E-state index >= 15 is 4.39 Å². The molecule has 4 aliphatic rings. The topological polar surface area (TPSA) is 90.3 Å². The Bertz CT molecular complexity index is 1640. The van der Waals surface area contributed by atoms with Gasteiger partial charge in [-0.3, -0.25) is 4.79 Å². The van der Waals surface area contributed by atoms with Crippen LogP contribution in [0.2, 0.25) is 0 Å². The van der Waals surface area contributed by atoms with Crippen molar-refractivity contribution in [1.29, 1.82) is 0 Å². The summed E-state index contributed by atoms with van der Waals surface area (Å²) in [5, 5.41) is 4.63.